The fourth-order valence-electron chi connectivity index (χ4n) is 2.76. The van der Waals surface area contributed by atoms with Crippen molar-refractivity contribution in [2.45, 2.75) is 36.6 Å². The van der Waals surface area contributed by atoms with Gasteiger partial charge in [-0.3, -0.25) is 9.78 Å². The van der Waals surface area contributed by atoms with Crippen LogP contribution in [-0.4, -0.2) is 25.4 Å². The maximum Gasteiger partial charge on any atom is 0.242 e. The molecule has 1 aliphatic carbocycles. The summed E-state index contributed by atoms with van der Waals surface area (Å²) in [6, 6.07) is 3.35. The van der Waals surface area contributed by atoms with Crippen molar-refractivity contribution in [3.05, 3.63) is 23.7 Å². The van der Waals surface area contributed by atoms with Gasteiger partial charge in [-0.05, 0) is 43.2 Å². The van der Waals surface area contributed by atoms with Crippen LogP contribution in [0.25, 0.3) is 10.2 Å². The first-order chi connectivity index (χ1) is 10.5. The molecule has 0 radical (unpaired) electrons. The summed E-state index contributed by atoms with van der Waals surface area (Å²) in [4.78, 5) is 15.5. The van der Waals surface area contributed by atoms with Gasteiger partial charge in [-0.2, -0.15) is 0 Å². The fourth-order valence-corrected chi connectivity index (χ4v) is 4.89. The van der Waals surface area contributed by atoms with Crippen molar-refractivity contribution in [1.29, 1.82) is 0 Å². The van der Waals surface area contributed by atoms with E-state index >= 15 is 0 Å². The SMILES string of the molecule is NC(=O)C1CCC(NS(=O)(=O)c2cnc3ccsc3c2)CC1. The molecular weight excluding hydrogens is 322 g/mol. The van der Waals surface area contributed by atoms with Crippen molar-refractivity contribution in [3.8, 4) is 0 Å². The standard InChI is InChI=1S/C14H17N3O3S2/c15-14(18)9-1-3-10(4-2-9)17-22(19,20)11-7-13-12(16-8-11)5-6-21-13/h5-10,17H,1-4H2,(H2,15,18). The lowest BCUT2D eigenvalue weighted by atomic mass is 9.86. The van der Waals surface area contributed by atoms with Crippen LogP contribution >= 0.6 is 11.3 Å². The number of nitrogens with one attached hydrogen (secondary N) is 1. The number of nitrogens with zero attached hydrogens (tertiary/aromatic N) is 1. The quantitative estimate of drug-likeness (QED) is 0.883. The van der Waals surface area contributed by atoms with Gasteiger partial charge in [0.15, 0.2) is 0 Å². The van der Waals surface area contributed by atoms with Crippen molar-refractivity contribution in [2.24, 2.45) is 11.7 Å². The van der Waals surface area contributed by atoms with E-state index in [1.165, 1.54) is 17.5 Å². The number of pyridine rings is 1. The van der Waals surface area contributed by atoms with Crippen LogP contribution in [0.1, 0.15) is 25.7 Å². The highest BCUT2D eigenvalue weighted by atomic mass is 32.2. The second-order valence-electron chi connectivity index (χ2n) is 5.55. The van der Waals surface area contributed by atoms with Crippen LogP contribution in [0, 0.1) is 5.92 Å². The predicted molar refractivity (Wildman–Crippen MR) is 84.9 cm³/mol. The van der Waals surface area contributed by atoms with E-state index in [2.05, 4.69) is 9.71 Å². The van der Waals surface area contributed by atoms with Gasteiger partial charge in [-0.25, -0.2) is 13.1 Å². The molecule has 0 aliphatic heterocycles. The van der Waals surface area contributed by atoms with Gasteiger partial charge in [0.1, 0.15) is 4.90 Å². The van der Waals surface area contributed by atoms with Crippen LogP contribution < -0.4 is 10.5 Å². The number of thiophene rings is 1. The van der Waals surface area contributed by atoms with Gasteiger partial charge in [0.05, 0.1) is 10.2 Å². The number of hydrogen-bond donors (Lipinski definition) is 2. The molecule has 1 saturated carbocycles. The van der Waals surface area contributed by atoms with E-state index in [-0.39, 0.29) is 22.8 Å². The molecule has 0 saturated heterocycles. The zero-order valence-electron chi connectivity index (χ0n) is 11.9. The summed E-state index contributed by atoms with van der Waals surface area (Å²) in [5, 5.41) is 1.88. The van der Waals surface area contributed by atoms with Crippen molar-refractivity contribution < 1.29 is 13.2 Å². The van der Waals surface area contributed by atoms with Crippen LogP contribution in [0.2, 0.25) is 0 Å². The number of hydrogen-bond acceptors (Lipinski definition) is 5. The van der Waals surface area contributed by atoms with Crippen molar-refractivity contribution >= 4 is 37.5 Å². The van der Waals surface area contributed by atoms with E-state index < -0.39 is 10.0 Å². The number of aromatic nitrogens is 1. The number of primary amides is 1. The monoisotopic (exact) mass is 339 g/mol. The lowest BCUT2D eigenvalue weighted by Crippen LogP contribution is -2.39. The average Bonchev–Trinajstić information content (AvgIpc) is 2.94. The first kappa shape index (κ1) is 15.4. The molecular formula is C14H17N3O3S2. The van der Waals surface area contributed by atoms with Crippen LogP contribution in [0.5, 0.6) is 0 Å². The lowest BCUT2D eigenvalue weighted by Gasteiger charge is -2.27. The molecule has 118 valence electrons. The van der Waals surface area contributed by atoms with Crippen LogP contribution in [0.15, 0.2) is 28.6 Å². The highest BCUT2D eigenvalue weighted by Crippen LogP contribution is 2.26. The van der Waals surface area contributed by atoms with Gasteiger partial charge in [-0.15, -0.1) is 11.3 Å². The highest BCUT2D eigenvalue weighted by molar-refractivity contribution is 7.89. The summed E-state index contributed by atoms with van der Waals surface area (Å²) in [6.45, 7) is 0. The number of sulfonamides is 1. The summed E-state index contributed by atoms with van der Waals surface area (Å²) in [7, 11) is -3.59. The third-order valence-electron chi connectivity index (χ3n) is 4.04. The van der Waals surface area contributed by atoms with Crippen molar-refractivity contribution in [2.75, 3.05) is 0 Å². The summed E-state index contributed by atoms with van der Waals surface area (Å²) in [6.07, 6.45) is 3.89. The second-order valence-corrected chi connectivity index (χ2v) is 8.21. The predicted octanol–water partition coefficient (Wildman–Crippen LogP) is 1.62. The lowest BCUT2D eigenvalue weighted by molar-refractivity contribution is -0.122. The number of rotatable bonds is 4. The van der Waals surface area contributed by atoms with Crippen molar-refractivity contribution in [1.82, 2.24) is 9.71 Å². The summed E-state index contributed by atoms with van der Waals surface area (Å²) < 4.78 is 28.4. The van der Waals surface area contributed by atoms with E-state index in [0.717, 1.165) is 10.2 Å². The van der Waals surface area contributed by atoms with E-state index in [1.54, 1.807) is 6.07 Å². The molecule has 8 heteroatoms. The second kappa shape index (κ2) is 5.94. The topological polar surface area (TPSA) is 102 Å². The summed E-state index contributed by atoms with van der Waals surface area (Å²) in [5.74, 6) is -0.432. The van der Waals surface area contributed by atoms with E-state index in [0.29, 0.717) is 25.7 Å². The van der Waals surface area contributed by atoms with Gasteiger partial charge in [0.2, 0.25) is 15.9 Å². The molecule has 2 heterocycles. The molecule has 1 amide bonds. The molecule has 3 rings (SSSR count). The number of nitrogens with two attached hydrogens (primary N) is 1. The minimum atomic E-state index is -3.59. The van der Waals surface area contributed by atoms with Crippen LogP contribution in [-0.2, 0) is 14.8 Å². The van der Waals surface area contributed by atoms with Gasteiger partial charge in [-0.1, -0.05) is 0 Å². The minimum Gasteiger partial charge on any atom is -0.369 e. The average molecular weight is 339 g/mol. The Morgan fingerprint density at radius 1 is 1.32 bits per heavy atom. The van der Waals surface area contributed by atoms with Crippen LogP contribution in [0.3, 0.4) is 0 Å². The molecule has 0 aromatic carbocycles. The molecule has 0 atom stereocenters. The zero-order chi connectivity index (χ0) is 15.7. The van der Waals surface area contributed by atoms with E-state index in [4.69, 9.17) is 5.73 Å². The van der Waals surface area contributed by atoms with E-state index in [1.807, 2.05) is 11.4 Å². The molecule has 22 heavy (non-hydrogen) atoms. The first-order valence-corrected chi connectivity index (χ1v) is 9.47. The summed E-state index contributed by atoms with van der Waals surface area (Å²) in [5.41, 5.74) is 6.09. The Labute approximate surface area is 132 Å². The van der Waals surface area contributed by atoms with Gasteiger partial charge in [0.25, 0.3) is 0 Å². The Morgan fingerprint density at radius 2 is 2.05 bits per heavy atom. The number of carbonyl (C=O) groups is 1. The van der Waals surface area contributed by atoms with Crippen molar-refractivity contribution in [3.63, 3.8) is 0 Å². The number of carbonyl (C=O) groups excluding carboxylic acids is 1. The molecule has 2 aromatic rings. The Bertz CT molecular complexity index is 793. The smallest absolute Gasteiger partial charge is 0.242 e. The summed E-state index contributed by atoms with van der Waals surface area (Å²) >= 11 is 1.46. The molecule has 1 aliphatic rings. The number of fused-ring (bicyclic) bond motifs is 1. The van der Waals surface area contributed by atoms with Gasteiger partial charge >= 0.3 is 0 Å². The Morgan fingerprint density at radius 3 is 2.73 bits per heavy atom. The zero-order valence-corrected chi connectivity index (χ0v) is 13.5. The molecule has 1 fully saturated rings. The highest BCUT2D eigenvalue weighted by Gasteiger charge is 2.28. The van der Waals surface area contributed by atoms with Gasteiger partial charge in [0, 0.05) is 18.2 Å². The fraction of sp³-hybridized carbons (Fsp3) is 0.429. The molecule has 0 unspecified atom stereocenters. The van der Waals surface area contributed by atoms with E-state index in [9.17, 15) is 13.2 Å². The largest absolute Gasteiger partial charge is 0.369 e. The molecule has 6 nitrogen and oxygen atoms in total. The number of amides is 1. The normalized spacial score (nSPS) is 22.7. The maximum absolute atomic E-state index is 12.4. The molecule has 3 N–H and O–H groups in total. The first-order valence-electron chi connectivity index (χ1n) is 7.10. The van der Waals surface area contributed by atoms with Gasteiger partial charge < -0.3 is 5.73 Å². The maximum atomic E-state index is 12.4. The molecule has 0 bridgehead atoms. The Hall–Kier alpha value is -1.51. The third-order valence-corrected chi connectivity index (χ3v) is 6.38. The Kier molecular flexibility index (Phi) is 4.16. The van der Waals surface area contributed by atoms with Crippen LogP contribution in [0.4, 0.5) is 0 Å². The molecule has 2 aromatic heterocycles. The minimum absolute atomic E-state index is 0.134. The third kappa shape index (κ3) is 3.13. The Balaban J connectivity index is 1.72. The molecule has 0 spiro atoms.